The van der Waals surface area contributed by atoms with Crippen molar-refractivity contribution in [2.24, 2.45) is 5.41 Å². The number of nitrogens with zero attached hydrogens (tertiary/aromatic N) is 3. The summed E-state index contributed by atoms with van der Waals surface area (Å²) in [6.45, 7) is 9.54. The Hall–Kier alpha value is -3.26. The lowest BCUT2D eigenvalue weighted by Crippen LogP contribution is -2.59. The first kappa shape index (κ1) is 25.8. The van der Waals surface area contributed by atoms with Crippen molar-refractivity contribution in [1.82, 2.24) is 20.1 Å². The molecule has 2 fully saturated rings. The van der Waals surface area contributed by atoms with Gasteiger partial charge in [0.2, 0.25) is 11.8 Å². The van der Waals surface area contributed by atoms with Gasteiger partial charge in [0.15, 0.2) is 0 Å². The number of carbonyl (C=O) groups is 3. The smallest absolute Gasteiger partial charge is 0.256 e. The number of benzene rings is 1. The molecule has 2 aromatic rings. The van der Waals surface area contributed by atoms with E-state index in [9.17, 15) is 14.4 Å². The number of pyridine rings is 1. The van der Waals surface area contributed by atoms with Crippen molar-refractivity contribution in [2.45, 2.75) is 65.3 Å². The summed E-state index contributed by atoms with van der Waals surface area (Å²) in [5.74, 6) is -0.375. The van der Waals surface area contributed by atoms with E-state index in [2.05, 4.69) is 10.3 Å². The molecular weight excluding hydrogens is 456 g/mol. The van der Waals surface area contributed by atoms with Crippen LogP contribution < -0.4 is 5.32 Å². The van der Waals surface area contributed by atoms with Gasteiger partial charge in [0.05, 0.1) is 6.61 Å². The van der Waals surface area contributed by atoms with E-state index in [1.54, 1.807) is 29.4 Å². The molecule has 4 rings (SSSR count). The van der Waals surface area contributed by atoms with E-state index in [-0.39, 0.29) is 29.7 Å². The fourth-order valence-corrected chi connectivity index (χ4v) is 4.88. The van der Waals surface area contributed by atoms with Crippen molar-refractivity contribution in [3.63, 3.8) is 0 Å². The van der Waals surface area contributed by atoms with E-state index in [0.29, 0.717) is 44.5 Å². The third kappa shape index (κ3) is 5.75. The van der Waals surface area contributed by atoms with Crippen molar-refractivity contribution < 1.29 is 19.1 Å². The maximum atomic E-state index is 13.8. The number of hydrogen-bond donors (Lipinski definition) is 1. The van der Waals surface area contributed by atoms with Crippen molar-refractivity contribution in [3.05, 3.63) is 65.5 Å². The first-order chi connectivity index (χ1) is 17.1. The molecule has 192 valence electrons. The Morgan fingerprint density at radius 3 is 2.31 bits per heavy atom. The van der Waals surface area contributed by atoms with Gasteiger partial charge in [0.1, 0.15) is 11.8 Å². The van der Waals surface area contributed by atoms with Gasteiger partial charge in [0.25, 0.3) is 5.91 Å². The van der Waals surface area contributed by atoms with Gasteiger partial charge < -0.3 is 15.0 Å². The molecule has 0 aliphatic carbocycles. The van der Waals surface area contributed by atoms with Crippen molar-refractivity contribution in [1.29, 1.82) is 0 Å². The van der Waals surface area contributed by atoms with Gasteiger partial charge >= 0.3 is 0 Å². The van der Waals surface area contributed by atoms with Crippen LogP contribution in [0.1, 0.15) is 61.5 Å². The third-order valence-electron chi connectivity index (χ3n) is 6.88. The summed E-state index contributed by atoms with van der Waals surface area (Å²) in [6, 6.07) is 10.3. The van der Waals surface area contributed by atoms with Crippen LogP contribution in [-0.2, 0) is 20.9 Å². The van der Waals surface area contributed by atoms with E-state index in [0.717, 1.165) is 11.1 Å². The van der Waals surface area contributed by atoms with Gasteiger partial charge in [-0.15, -0.1) is 0 Å². The number of ether oxygens (including phenoxy) is 1. The van der Waals surface area contributed by atoms with Gasteiger partial charge in [-0.3, -0.25) is 24.3 Å². The van der Waals surface area contributed by atoms with E-state index in [1.807, 2.05) is 56.9 Å². The first-order valence-electron chi connectivity index (χ1n) is 12.6. The molecule has 36 heavy (non-hydrogen) atoms. The van der Waals surface area contributed by atoms with Crippen molar-refractivity contribution in [2.75, 3.05) is 19.7 Å². The summed E-state index contributed by atoms with van der Waals surface area (Å²) in [7, 11) is 0. The van der Waals surface area contributed by atoms with Gasteiger partial charge in [-0.2, -0.15) is 0 Å². The molecule has 1 atom stereocenters. The molecule has 2 aliphatic heterocycles. The topological polar surface area (TPSA) is 91.8 Å². The monoisotopic (exact) mass is 492 g/mol. The Bertz CT molecular complexity index is 1090. The minimum atomic E-state index is -0.918. The molecule has 1 aromatic carbocycles. The normalized spacial score (nSPS) is 19.4. The van der Waals surface area contributed by atoms with Crippen LogP contribution in [0.15, 0.2) is 48.8 Å². The van der Waals surface area contributed by atoms with Crippen LogP contribution in [0.25, 0.3) is 0 Å². The van der Waals surface area contributed by atoms with Crippen molar-refractivity contribution in [3.8, 4) is 0 Å². The zero-order valence-electron chi connectivity index (χ0n) is 21.6. The number of likely N-dealkylation sites (tertiary alicyclic amines) is 1. The quantitative estimate of drug-likeness (QED) is 0.692. The molecule has 8 nitrogen and oxygen atoms in total. The Morgan fingerprint density at radius 1 is 1.06 bits per heavy atom. The number of nitrogens with one attached hydrogen (secondary N) is 1. The Balaban J connectivity index is 1.54. The number of aromatic nitrogens is 1. The number of amides is 3. The molecule has 3 heterocycles. The summed E-state index contributed by atoms with van der Waals surface area (Å²) in [5.41, 5.74) is 1.48. The van der Waals surface area contributed by atoms with Gasteiger partial charge in [0, 0.05) is 56.9 Å². The van der Waals surface area contributed by atoms with Crippen LogP contribution in [0.5, 0.6) is 0 Å². The standard InChI is InChI=1S/C28H36N4O4/c1-20-5-7-22(8-6-20)26(35)32-23(25(34)30-18-21-9-13-29-14-10-21)19-36-28(32)11-15-31(16-12-28)24(33)17-27(2,3)4/h5-10,13-14,23H,11-12,15-19H2,1-4H3,(H,30,34)/t23-/m0/s1. The van der Waals surface area contributed by atoms with Crippen LogP contribution in [-0.4, -0.2) is 64.0 Å². The van der Waals surface area contributed by atoms with E-state index >= 15 is 0 Å². The van der Waals surface area contributed by atoms with Gasteiger partial charge in [-0.05, 0) is 42.2 Å². The van der Waals surface area contributed by atoms with Crippen molar-refractivity contribution >= 4 is 17.7 Å². The average molecular weight is 493 g/mol. The van der Waals surface area contributed by atoms with Crippen LogP contribution >= 0.6 is 0 Å². The molecule has 3 amide bonds. The first-order valence-corrected chi connectivity index (χ1v) is 12.6. The van der Waals surface area contributed by atoms with E-state index in [4.69, 9.17) is 4.74 Å². The molecule has 0 unspecified atom stereocenters. The van der Waals surface area contributed by atoms with Crippen LogP contribution in [0.3, 0.4) is 0 Å². The number of aryl methyl sites for hydroxylation is 1. The largest absolute Gasteiger partial charge is 0.353 e. The maximum absolute atomic E-state index is 13.8. The lowest BCUT2D eigenvalue weighted by atomic mass is 9.90. The Kier molecular flexibility index (Phi) is 7.45. The zero-order chi connectivity index (χ0) is 25.9. The second-order valence-corrected chi connectivity index (χ2v) is 11.0. The second kappa shape index (κ2) is 10.4. The van der Waals surface area contributed by atoms with Gasteiger partial charge in [-0.1, -0.05) is 38.5 Å². The van der Waals surface area contributed by atoms with Crippen LogP contribution in [0.2, 0.25) is 0 Å². The predicted molar refractivity (Wildman–Crippen MR) is 136 cm³/mol. The molecule has 1 N–H and O–H groups in total. The summed E-state index contributed by atoms with van der Waals surface area (Å²) < 4.78 is 6.27. The Morgan fingerprint density at radius 2 is 1.69 bits per heavy atom. The Labute approximate surface area is 213 Å². The number of hydrogen-bond acceptors (Lipinski definition) is 5. The molecule has 0 radical (unpaired) electrons. The maximum Gasteiger partial charge on any atom is 0.256 e. The molecule has 2 saturated heterocycles. The highest BCUT2D eigenvalue weighted by molar-refractivity contribution is 5.98. The summed E-state index contributed by atoms with van der Waals surface area (Å²) in [4.78, 5) is 47.4. The van der Waals surface area contributed by atoms with E-state index < -0.39 is 11.8 Å². The van der Waals surface area contributed by atoms with Crippen LogP contribution in [0, 0.1) is 12.3 Å². The molecule has 1 aromatic heterocycles. The minimum absolute atomic E-state index is 0.0957. The van der Waals surface area contributed by atoms with E-state index in [1.165, 1.54) is 0 Å². The van der Waals surface area contributed by atoms with Gasteiger partial charge in [-0.25, -0.2) is 0 Å². The number of carbonyl (C=O) groups excluding carboxylic acids is 3. The highest BCUT2D eigenvalue weighted by Crippen LogP contribution is 2.39. The minimum Gasteiger partial charge on any atom is -0.353 e. The molecule has 1 spiro atoms. The highest BCUT2D eigenvalue weighted by Gasteiger charge is 2.54. The SMILES string of the molecule is Cc1ccc(C(=O)N2[C@H](C(=O)NCc3ccncc3)COC23CCN(C(=O)CC(C)(C)C)CC3)cc1. The summed E-state index contributed by atoms with van der Waals surface area (Å²) >= 11 is 0. The number of rotatable bonds is 5. The average Bonchev–Trinajstić information content (AvgIpc) is 3.21. The molecule has 2 aliphatic rings. The second-order valence-electron chi connectivity index (χ2n) is 11.0. The molecule has 8 heteroatoms. The fourth-order valence-electron chi connectivity index (χ4n) is 4.88. The van der Waals surface area contributed by atoms with Crippen LogP contribution in [0.4, 0.5) is 0 Å². The lowest BCUT2D eigenvalue weighted by Gasteiger charge is -2.44. The number of piperidine rings is 1. The molecule has 0 bridgehead atoms. The predicted octanol–water partition coefficient (Wildman–Crippen LogP) is 3.30. The lowest BCUT2D eigenvalue weighted by molar-refractivity contribution is -0.145. The molecule has 0 saturated carbocycles. The highest BCUT2D eigenvalue weighted by atomic mass is 16.5. The molecular formula is C28H36N4O4. The summed E-state index contributed by atoms with van der Waals surface area (Å²) in [5, 5.41) is 2.96. The fraction of sp³-hybridized carbons (Fsp3) is 0.500. The third-order valence-corrected chi connectivity index (χ3v) is 6.88. The summed E-state index contributed by atoms with van der Waals surface area (Å²) in [6.07, 6.45) is 4.75. The zero-order valence-corrected chi connectivity index (χ0v) is 21.6.